The number of nitrogens with zero attached hydrogens (tertiary/aromatic N) is 1. The predicted molar refractivity (Wildman–Crippen MR) is 92.0 cm³/mol. The van der Waals surface area contributed by atoms with Gasteiger partial charge >= 0.3 is 0 Å². The third-order valence-electron chi connectivity index (χ3n) is 4.69. The van der Waals surface area contributed by atoms with Crippen LogP contribution in [0.3, 0.4) is 0 Å². The zero-order chi connectivity index (χ0) is 16.0. The summed E-state index contributed by atoms with van der Waals surface area (Å²) in [5.74, 6) is -0.215. The normalized spacial score (nSPS) is 13.7. The maximum absolute atomic E-state index is 13.5. The molecule has 1 atom stereocenters. The van der Waals surface area contributed by atoms with Crippen LogP contribution in [0.5, 0.6) is 0 Å². The topological polar surface area (TPSA) is 29.3 Å². The van der Waals surface area contributed by atoms with Gasteiger partial charge in [-0.2, -0.15) is 0 Å². The van der Waals surface area contributed by atoms with Gasteiger partial charge in [-0.25, -0.2) is 4.39 Å². The molecule has 1 rings (SSSR count). The maximum atomic E-state index is 13.5. The minimum absolute atomic E-state index is 0.0129. The first kappa shape index (κ1) is 18.6. The number of halogens is 2. The highest BCUT2D eigenvalue weighted by molar-refractivity contribution is 9.10. The fourth-order valence-electron chi connectivity index (χ4n) is 3.48. The van der Waals surface area contributed by atoms with E-state index in [0.29, 0.717) is 6.42 Å². The van der Waals surface area contributed by atoms with Crippen molar-refractivity contribution in [3.05, 3.63) is 34.1 Å². The van der Waals surface area contributed by atoms with Crippen molar-refractivity contribution in [3.63, 3.8) is 0 Å². The summed E-state index contributed by atoms with van der Waals surface area (Å²) in [7, 11) is 0. The van der Waals surface area contributed by atoms with E-state index in [1.54, 1.807) is 6.07 Å². The van der Waals surface area contributed by atoms with Crippen molar-refractivity contribution >= 4 is 15.9 Å². The van der Waals surface area contributed by atoms with Crippen molar-refractivity contribution in [1.82, 2.24) is 4.90 Å². The Bertz CT molecular complexity index is 422. The lowest BCUT2D eigenvalue weighted by atomic mass is 9.80. The highest BCUT2D eigenvalue weighted by Crippen LogP contribution is 2.29. The summed E-state index contributed by atoms with van der Waals surface area (Å²) >= 11 is 3.35. The average molecular weight is 359 g/mol. The van der Waals surface area contributed by atoms with Crippen molar-refractivity contribution in [2.45, 2.75) is 58.5 Å². The first-order chi connectivity index (χ1) is 9.93. The quantitative estimate of drug-likeness (QED) is 0.747. The minimum Gasteiger partial charge on any atom is -0.326 e. The molecule has 1 aromatic rings. The molecule has 0 aliphatic heterocycles. The van der Waals surface area contributed by atoms with Crippen LogP contribution in [-0.2, 0) is 6.42 Å². The van der Waals surface area contributed by atoms with Crippen LogP contribution in [-0.4, -0.2) is 29.6 Å². The summed E-state index contributed by atoms with van der Waals surface area (Å²) in [6.07, 6.45) is 2.69. The second-order valence-corrected chi connectivity index (χ2v) is 6.49. The van der Waals surface area contributed by atoms with Crippen LogP contribution in [0.15, 0.2) is 22.7 Å². The molecule has 0 heterocycles. The molecule has 0 saturated heterocycles. The van der Waals surface area contributed by atoms with Crippen molar-refractivity contribution in [2.24, 2.45) is 5.73 Å². The molecular weight excluding hydrogens is 331 g/mol. The molecule has 0 bridgehead atoms. The van der Waals surface area contributed by atoms with Gasteiger partial charge < -0.3 is 5.73 Å². The van der Waals surface area contributed by atoms with E-state index in [-0.39, 0.29) is 17.4 Å². The number of likely N-dealkylation sites (N-methyl/N-ethyl adjacent to an activating group) is 1. The molecule has 21 heavy (non-hydrogen) atoms. The Morgan fingerprint density at radius 3 is 2.14 bits per heavy atom. The van der Waals surface area contributed by atoms with E-state index in [2.05, 4.69) is 48.5 Å². The van der Waals surface area contributed by atoms with Crippen LogP contribution >= 0.6 is 15.9 Å². The lowest BCUT2D eigenvalue weighted by Crippen LogP contribution is -2.60. The molecule has 4 heteroatoms. The number of nitrogens with two attached hydrogens (primary N) is 1. The summed E-state index contributed by atoms with van der Waals surface area (Å²) < 4.78 is 14.3. The van der Waals surface area contributed by atoms with Gasteiger partial charge in [0.1, 0.15) is 5.82 Å². The van der Waals surface area contributed by atoms with Crippen molar-refractivity contribution in [1.29, 1.82) is 0 Å². The van der Waals surface area contributed by atoms with Gasteiger partial charge in [0.25, 0.3) is 0 Å². The lowest BCUT2D eigenvalue weighted by Gasteiger charge is -2.46. The minimum atomic E-state index is -0.215. The van der Waals surface area contributed by atoms with Gasteiger partial charge in [-0.15, -0.1) is 0 Å². The van der Waals surface area contributed by atoms with Crippen molar-refractivity contribution in [2.75, 3.05) is 13.1 Å². The van der Waals surface area contributed by atoms with E-state index >= 15 is 0 Å². The van der Waals surface area contributed by atoms with Crippen LogP contribution in [0.2, 0.25) is 0 Å². The van der Waals surface area contributed by atoms with E-state index in [9.17, 15) is 4.39 Å². The van der Waals surface area contributed by atoms with Crippen LogP contribution in [0.25, 0.3) is 0 Å². The lowest BCUT2D eigenvalue weighted by molar-refractivity contribution is 0.0628. The summed E-state index contributed by atoms with van der Waals surface area (Å²) in [4.78, 5) is 2.45. The van der Waals surface area contributed by atoms with Gasteiger partial charge in [0.15, 0.2) is 0 Å². The Morgan fingerprint density at radius 2 is 1.71 bits per heavy atom. The first-order valence-corrected chi connectivity index (χ1v) is 8.68. The van der Waals surface area contributed by atoms with Gasteiger partial charge in [0.05, 0.1) is 0 Å². The molecule has 0 aromatic heterocycles. The second-order valence-electron chi connectivity index (χ2n) is 5.57. The smallest absolute Gasteiger partial charge is 0.124 e. The fourth-order valence-corrected chi connectivity index (χ4v) is 3.99. The van der Waals surface area contributed by atoms with Crippen LogP contribution in [0.1, 0.15) is 46.1 Å². The number of benzene rings is 1. The molecule has 0 fully saturated rings. The number of rotatable bonds is 8. The Morgan fingerprint density at radius 1 is 1.14 bits per heavy atom. The number of hydrogen-bond donors (Lipinski definition) is 1. The first-order valence-electron chi connectivity index (χ1n) is 7.89. The molecule has 1 unspecified atom stereocenters. The predicted octanol–water partition coefficient (Wildman–Crippen LogP) is 4.36. The van der Waals surface area contributed by atoms with E-state index in [1.165, 1.54) is 6.07 Å². The van der Waals surface area contributed by atoms with Crippen LogP contribution in [0.4, 0.5) is 4.39 Å². The largest absolute Gasteiger partial charge is 0.326 e. The molecule has 0 amide bonds. The third-order valence-corrected chi connectivity index (χ3v) is 5.14. The zero-order valence-corrected chi connectivity index (χ0v) is 15.2. The van der Waals surface area contributed by atoms with Gasteiger partial charge in [0.2, 0.25) is 0 Å². The summed E-state index contributed by atoms with van der Waals surface area (Å²) in [5, 5.41) is 0. The van der Waals surface area contributed by atoms with E-state index in [0.717, 1.165) is 36.0 Å². The zero-order valence-electron chi connectivity index (χ0n) is 13.6. The Labute approximate surface area is 137 Å². The molecule has 120 valence electrons. The summed E-state index contributed by atoms with van der Waals surface area (Å²) in [6, 6.07) is 5.01. The second kappa shape index (κ2) is 8.25. The van der Waals surface area contributed by atoms with Gasteiger partial charge in [-0.05, 0) is 56.1 Å². The van der Waals surface area contributed by atoms with Crippen molar-refractivity contribution < 1.29 is 4.39 Å². The summed E-state index contributed by atoms with van der Waals surface area (Å²) in [5.41, 5.74) is 7.50. The standard InChI is InChI=1S/C17H28BrFN2/c1-5-17(6-2,21(7-3)8-4)16(20)11-13-9-14(18)12-15(19)10-13/h9-10,12,16H,5-8,11,20H2,1-4H3. The molecular formula is C17H28BrFN2. The average Bonchev–Trinajstić information content (AvgIpc) is 2.43. The van der Waals surface area contributed by atoms with E-state index in [1.807, 2.05) is 6.07 Å². The molecule has 2 N–H and O–H groups in total. The third kappa shape index (κ3) is 4.27. The highest BCUT2D eigenvalue weighted by Gasteiger charge is 2.37. The monoisotopic (exact) mass is 358 g/mol. The summed E-state index contributed by atoms with van der Waals surface area (Å²) in [6.45, 7) is 10.7. The molecule has 2 nitrogen and oxygen atoms in total. The van der Waals surface area contributed by atoms with Gasteiger partial charge in [-0.3, -0.25) is 4.90 Å². The van der Waals surface area contributed by atoms with E-state index < -0.39 is 0 Å². The Balaban J connectivity index is 3.03. The molecule has 0 saturated carbocycles. The molecule has 1 aromatic carbocycles. The number of hydrogen-bond acceptors (Lipinski definition) is 2. The molecule has 0 aliphatic rings. The SMILES string of the molecule is CCN(CC)C(CC)(CC)C(N)Cc1cc(F)cc(Br)c1. The fraction of sp³-hybridized carbons (Fsp3) is 0.647. The van der Waals surface area contributed by atoms with Crippen LogP contribution < -0.4 is 5.73 Å². The Hall–Kier alpha value is -0.450. The Kier molecular flexibility index (Phi) is 7.31. The van der Waals surface area contributed by atoms with Gasteiger partial charge in [-0.1, -0.05) is 43.6 Å². The highest BCUT2D eigenvalue weighted by atomic mass is 79.9. The van der Waals surface area contributed by atoms with Gasteiger partial charge in [0, 0.05) is 16.1 Å². The maximum Gasteiger partial charge on any atom is 0.124 e. The van der Waals surface area contributed by atoms with Crippen LogP contribution in [0, 0.1) is 5.82 Å². The van der Waals surface area contributed by atoms with E-state index in [4.69, 9.17) is 5.73 Å². The van der Waals surface area contributed by atoms with Crippen molar-refractivity contribution in [3.8, 4) is 0 Å². The molecule has 0 aliphatic carbocycles. The molecule has 0 spiro atoms. The molecule has 0 radical (unpaired) electrons.